The summed E-state index contributed by atoms with van der Waals surface area (Å²) >= 11 is 0. The molecule has 4 rings (SSSR count). The predicted molar refractivity (Wildman–Crippen MR) is 124 cm³/mol. The van der Waals surface area contributed by atoms with Crippen molar-refractivity contribution in [3.63, 3.8) is 0 Å². The average molecular weight is 465 g/mol. The minimum absolute atomic E-state index is 0.223. The second-order valence-electron chi connectivity index (χ2n) is 7.24. The molecule has 3 heterocycles. The third kappa shape index (κ3) is 5.41. The van der Waals surface area contributed by atoms with Crippen molar-refractivity contribution < 1.29 is 13.7 Å². The van der Waals surface area contributed by atoms with Gasteiger partial charge in [0.25, 0.3) is 0 Å². The Hall–Kier alpha value is -4.19. The number of rotatable bonds is 7. The predicted octanol–water partition coefficient (Wildman–Crippen LogP) is 2.67. The number of nitrogens with two attached hydrogens (primary N) is 1. The first-order valence-corrected chi connectivity index (χ1v) is 10.6. The molecule has 0 atom stereocenters. The third-order valence-electron chi connectivity index (χ3n) is 5.13. The average Bonchev–Trinajstić information content (AvgIpc) is 3.53. The maximum atomic E-state index is 14.2. The number of aliphatic imine (C=N–C) groups is 2. The van der Waals surface area contributed by atoms with E-state index in [2.05, 4.69) is 35.5 Å². The Morgan fingerprint density at radius 2 is 2.06 bits per heavy atom. The SMILES string of the molecule is C\N=C(N=NN)/C(=C\N=C\c1cc(-c2ccon2)n(Cc2ccccc2F)n1)N1CCOCC1. The van der Waals surface area contributed by atoms with E-state index in [9.17, 15) is 4.39 Å². The van der Waals surface area contributed by atoms with E-state index in [0.717, 1.165) is 0 Å². The molecule has 3 aromatic rings. The van der Waals surface area contributed by atoms with Crippen LogP contribution in [0, 0.1) is 5.82 Å². The second-order valence-corrected chi connectivity index (χ2v) is 7.24. The minimum atomic E-state index is -0.308. The molecule has 1 aliphatic rings. The lowest BCUT2D eigenvalue weighted by Gasteiger charge is -2.29. The van der Waals surface area contributed by atoms with Gasteiger partial charge in [0.2, 0.25) is 0 Å². The summed E-state index contributed by atoms with van der Waals surface area (Å²) in [4.78, 5) is 10.7. The first kappa shape index (κ1) is 23.0. The quantitative estimate of drug-likeness (QED) is 0.188. The molecule has 0 bridgehead atoms. The van der Waals surface area contributed by atoms with Crippen molar-refractivity contribution in [1.82, 2.24) is 19.8 Å². The van der Waals surface area contributed by atoms with Gasteiger partial charge in [-0.1, -0.05) is 28.6 Å². The van der Waals surface area contributed by atoms with E-state index in [1.54, 1.807) is 54.5 Å². The summed E-state index contributed by atoms with van der Waals surface area (Å²) in [6.45, 7) is 2.71. The molecule has 34 heavy (non-hydrogen) atoms. The molecule has 0 aliphatic carbocycles. The van der Waals surface area contributed by atoms with E-state index < -0.39 is 0 Å². The number of nitrogens with zero attached hydrogens (tertiary/aromatic N) is 8. The van der Waals surface area contributed by atoms with Crippen molar-refractivity contribution in [3.8, 4) is 11.4 Å². The number of amidine groups is 1. The summed E-state index contributed by atoms with van der Waals surface area (Å²) in [6.07, 6.45) is 4.70. The van der Waals surface area contributed by atoms with Crippen LogP contribution in [0.15, 0.2) is 79.4 Å². The van der Waals surface area contributed by atoms with Crippen LogP contribution in [0.1, 0.15) is 11.3 Å². The molecule has 0 saturated carbocycles. The summed E-state index contributed by atoms with van der Waals surface area (Å²) in [5.74, 6) is 5.30. The summed E-state index contributed by atoms with van der Waals surface area (Å²) in [5, 5.41) is 15.8. The summed E-state index contributed by atoms with van der Waals surface area (Å²) in [6, 6.07) is 10.1. The first-order chi connectivity index (χ1) is 16.7. The monoisotopic (exact) mass is 465 g/mol. The number of morpholine rings is 1. The van der Waals surface area contributed by atoms with Crippen molar-refractivity contribution in [3.05, 3.63) is 71.6 Å². The van der Waals surface area contributed by atoms with Gasteiger partial charge >= 0.3 is 0 Å². The lowest BCUT2D eigenvalue weighted by atomic mass is 10.2. The van der Waals surface area contributed by atoms with Gasteiger partial charge in [-0.05, 0) is 12.1 Å². The summed E-state index contributed by atoms with van der Waals surface area (Å²) < 4.78 is 26.3. The van der Waals surface area contributed by atoms with Gasteiger partial charge in [-0.15, -0.1) is 5.11 Å². The number of ether oxygens (including phenoxy) is 1. The molecule has 0 radical (unpaired) electrons. The standard InChI is InChI=1S/C22H24FN9O2/c1-25-22(27-30-24)21(31-7-10-33-11-8-31)14-26-13-17-12-20(19-6-9-34-29-19)32(28-17)15-16-4-2-3-5-18(16)23/h2-6,9,12-14H,7-8,10-11,15H2,1H3,(H2,24,25,27)/b21-14+,26-13+. The van der Waals surface area contributed by atoms with Gasteiger partial charge in [-0.25, -0.2) is 4.39 Å². The smallest absolute Gasteiger partial charge is 0.196 e. The minimum Gasteiger partial charge on any atom is -0.378 e. The molecule has 2 aromatic heterocycles. The summed E-state index contributed by atoms with van der Waals surface area (Å²) in [7, 11) is 1.61. The number of hydrogen-bond donors (Lipinski definition) is 1. The molecule has 1 aromatic carbocycles. The normalized spacial score (nSPS) is 15.6. The van der Waals surface area contributed by atoms with E-state index in [-0.39, 0.29) is 12.4 Å². The van der Waals surface area contributed by atoms with Gasteiger partial charge in [0.1, 0.15) is 29.2 Å². The number of benzene rings is 1. The van der Waals surface area contributed by atoms with Gasteiger partial charge in [0.05, 0.1) is 37.9 Å². The highest BCUT2D eigenvalue weighted by Crippen LogP contribution is 2.20. The lowest BCUT2D eigenvalue weighted by molar-refractivity contribution is 0.0563. The highest BCUT2D eigenvalue weighted by Gasteiger charge is 2.18. The summed E-state index contributed by atoms with van der Waals surface area (Å²) in [5.41, 5.74) is 2.98. The topological polar surface area (TPSA) is 132 Å². The molecule has 12 heteroatoms. The van der Waals surface area contributed by atoms with Crippen molar-refractivity contribution >= 4 is 12.1 Å². The third-order valence-corrected chi connectivity index (χ3v) is 5.13. The van der Waals surface area contributed by atoms with E-state index in [0.29, 0.717) is 60.5 Å². The molecule has 11 nitrogen and oxygen atoms in total. The molecule has 1 saturated heterocycles. The van der Waals surface area contributed by atoms with Gasteiger partial charge in [0, 0.05) is 31.8 Å². The fraction of sp³-hybridized carbons (Fsp3) is 0.273. The zero-order valence-corrected chi connectivity index (χ0v) is 18.6. The molecule has 176 valence electrons. The van der Waals surface area contributed by atoms with Crippen LogP contribution in [0.4, 0.5) is 4.39 Å². The van der Waals surface area contributed by atoms with Crippen LogP contribution in [0.3, 0.4) is 0 Å². The van der Waals surface area contributed by atoms with Crippen molar-refractivity contribution in [1.29, 1.82) is 0 Å². The van der Waals surface area contributed by atoms with Gasteiger partial charge in [-0.3, -0.25) is 14.7 Å². The Kier molecular flexibility index (Phi) is 7.50. The maximum Gasteiger partial charge on any atom is 0.196 e. The van der Waals surface area contributed by atoms with Crippen LogP contribution in [0.25, 0.3) is 11.4 Å². The first-order valence-electron chi connectivity index (χ1n) is 10.6. The Labute approximate surface area is 195 Å². The van der Waals surface area contributed by atoms with E-state index >= 15 is 0 Å². The highest BCUT2D eigenvalue weighted by atomic mass is 19.1. The molecular formula is C22H24FN9O2. The van der Waals surface area contributed by atoms with E-state index in [1.165, 1.54) is 12.3 Å². The molecule has 0 spiro atoms. The number of aromatic nitrogens is 3. The Bertz CT molecular complexity index is 1210. The molecular weight excluding hydrogens is 441 g/mol. The fourth-order valence-electron chi connectivity index (χ4n) is 3.49. The highest BCUT2D eigenvalue weighted by molar-refractivity contribution is 5.98. The van der Waals surface area contributed by atoms with Crippen LogP contribution >= 0.6 is 0 Å². The van der Waals surface area contributed by atoms with Crippen molar-refractivity contribution in [2.24, 2.45) is 26.2 Å². The molecule has 0 unspecified atom stereocenters. The lowest BCUT2D eigenvalue weighted by Crippen LogP contribution is -2.37. The molecule has 2 N–H and O–H groups in total. The fourth-order valence-corrected chi connectivity index (χ4v) is 3.49. The van der Waals surface area contributed by atoms with Crippen LogP contribution < -0.4 is 5.84 Å². The number of halogens is 1. The van der Waals surface area contributed by atoms with Crippen LogP contribution in [-0.4, -0.2) is 65.2 Å². The van der Waals surface area contributed by atoms with Gasteiger partial charge < -0.3 is 20.0 Å². The second kappa shape index (κ2) is 11.1. The van der Waals surface area contributed by atoms with E-state index in [4.69, 9.17) is 15.1 Å². The Morgan fingerprint density at radius 1 is 1.24 bits per heavy atom. The van der Waals surface area contributed by atoms with Crippen LogP contribution in [-0.2, 0) is 11.3 Å². The van der Waals surface area contributed by atoms with Gasteiger partial charge in [0.15, 0.2) is 5.84 Å². The van der Waals surface area contributed by atoms with Crippen molar-refractivity contribution in [2.75, 3.05) is 33.4 Å². The maximum absolute atomic E-state index is 14.2. The molecule has 0 amide bonds. The number of hydrogen-bond acceptors (Lipinski definition) is 8. The van der Waals surface area contributed by atoms with E-state index in [1.807, 2.05) is 0 Å². The Morgan fingerprint density at radius 3 is 2.76 bits per heavy atom. The molecule has 1 fully saturated rings. The molecule has 1 aliphatic heterocycles. The zero-order valence-electron chi connectivity index (χ0n) is 18.6. The zero-order chi connectivity index (χ0) is 23.8. The van der Waals surface area contributed by atoms with Gasteiger partial charge in [-0.2, -0.15) is 5.10 Å². The van der Waals surface area contributed by atoms with Crippen LogP contribution in [0.2, 0.25) is 0 Å². The van der Waals surface area contributed by atoms with Crippen LogP contribution in [0.5, 0.6) is 0 Å². The Balaban J connectivity index is 1.64. The van der Waals surface area contributed by atoms with Crippen molar-refractivity contribution in [2.45, 2.75) is 6.54 Å². The largest absolute Gasteiger partial charge is 0.378 e.